The molecule has 6 heteroatoms. The van der Waals surface area contributed by atoms with E-state index in [4.69, 9.17) is 4.74 Å². The van der Waals surface area contributed by atoms with Gasteiger partial charge in [-0.15, -0.1) is 0 Å². The average Bonchev–Trinajstić information content (AvgIpc) is 2.69. The van der Waals surface area contributed by atoms with Crippen molar-refractivity contribution < 1.29 is 14.6 Å². The molecule has 2 heterocycles. The van der Waals surface area contributed by atoms with Gasteiger partial charge in [-0.3, -0.25) is 14.7 Å². The molecule has 1 N–H and O–H groups in total. The van der Waals surface area contributed by atoms with Crippen molar-refractivity contribution in [2.75, 3.05) is 19.7 Å². The summed E-state index contributed by atoms with van der Waals surface area (Å²) in [6.45, 7) is 4.10. The zero-order valence-electron chi connectivity index (χ0n) is 15.5. The van der Waals surface area contributed by atoms with Crippen LogP contribution >= 0.6 is 15.9 Å². The van der Waals surface area contributed by atoms with Gasteiger partial charge in [0.25, 0.3) is 0 Å². The van der Waals surface area contributed by atoms with Gasteiger partial charge in [-0.25, -0.2) is 0 Å². The molecular weight excluding hydrogens is 408 g/mol. The largest absolute Gasteiger partial charge is 0.494 e. The maximum Gasteiger partial charge on any atom is 0.306 e. The van der Waals surface area contributed by atoms with Gasteiger partial charge in [0, 0.05) is 34.4 Å². The number of pyridine rings is 1. The van der Waals surface area contributed by atoms with Gasteiger partial charge >= 0.3 is 5.97 Å². The van der Waals surface area contributed by atoms with Gasteiger partial charge in [0.05, 0.1) is 12.5 Å². The first kappa shape index (κ1) is 19.8. The van der Waals surface area contributed by atoms with Gasteiger partial charge in [-0.2, -0.15) is 0 Å². The van der Waals surface area contributed by atoms with Gasteiger partial charge in [0.15, 0.2) is 0 Å². The van der Waals surface area contributed by atoms with Gasteiger partial charge < -0.3 is 9.84 Å². The molecule has 2 aromatic rings. The van der Waals surface area contributed by atoms with E-state index in [9.17, 15) is 9.90 Å². The zero-order valence-corrected chi connectivity index (χ0v) is 17.1. The Hall–Kier alpha value is -1.92. The Morgan fingerprint density at radius 1 is 1.33 bits per heavy atom. The van der Waals surface area contributed by atoms with Crippen LogP contribution in [-0.4, -0.2) is 40.7 Å². The van der Waals surface area contributed by atoms with Crippen LogP contribution in [0.2, 0.25) is 0 Å². The van der Waals surface area contributed by atoms with Crippen LogP contribution in [0, 0.1) is 5.92 Å². The minimum Gasteiger partial charge on any atom is -0.494 e. The van der Waals surface area contributed by atoms with Gasteiger partial charge in [-0.05, 0) is 63.2 Å². The topological polar surface area (TPSA) is 62.7 Å². The number of rotatable bonds is 7. The molecule has 27 heavy (non-hydrogen) atoms. The Balaban J connectivity index is 1.91. The maximum absolute atomic E-state index is 11.3. The highest BCUT2D eigenvalue weighted by Crippen LogP contribution is 2.36. The van der Waals surface area contributed by atoms with E-state index in [1.807, 2.05) is 43.5 Å². The van der Waals surface area contributed by atoms with Crippen molar-refractivity contribution in [2.24, 2.45) is 5.92 Å². The molecule has 1 aliphatic rings. The monoisotopic (exact) mass is 432 g/mol. The van der Waals surface area contributed by atoms with E-state index in [0.29, 0.717) is 19.4 Å². The van der Waals surface area contributed by atoms with Crippen LogP contribution in [-0.2, 0) is 11.2 Å². The smallest absolute Gasteiger partial charge is 0.306 e. The van der Waals surface area contributed by atoms with E-state index in [0.717, 1.165) is 41.0 Å². The predicted molar refractivity (Wildman–Crippen MR) is 108 cm³/mol. The summed E-state index contributed by atoms with van der Waals surface area (Å²) in [4.78, 5) is 18.2. The van der Waals surface area contributed by atoms with Gasteiger partial charge in [0.1, 0.15) is 5.75 Å². The molecule has 1 aromatic carbocycles. The molecule has 1 aromatic heterocycles. The third-order valence-electron chi connectivity index (χ3n) is 5.08. The number of aromatic nitrogens is 1. The van der Waals surface area contributed by atoms with E-state index in [1.165, 1.54) is 0 Å². The Morgan fingerprint density at radius 2 is 2.11 bits per heavy atom. The molecule has 144 valence electrons. The molecule has 0 aliphatic carbocycles. The van der Waals surface area contributed by atoms with Crippen LogP contribution in [0.5, 0.6) is 5.75 Å². The molecule has 1 saturated heterocycles. The fraction of sp³-hybridized carbons (Fsp3) is 0.429. The highest BCUT2D eigenvalue weighted by molar-refractivity contribution is 9.10. The number of aliphatic carboxylic acids is 1. The summed E-state index contributed by atoms with van der Waals surface area (Å²) in [5.74, 6) is -0.0546. The highest BCUT2D eigenvalue weighted by atomic mass is 79.9. The maximum atomic E-state index is 11.3. The number of carboxylic acid groups (broad SMARTS) is 1. The highest BCUT2D eigenvalue weighted by Gasteiger charge is 2.31. The number of halogens is 1. The molecule has 0 spiro atoms. The fourth-order valence-electron chi connectivity index (χ4n) is 3.68. The van der Waals surface area contributed by atoms with E-state index in [2.05, 4.69) is 31.9 Å². The molecular formula is C21H25BrN2O3. The summed E-state index contributed by atoms with van der Waals surface area (Å²) < 4.78 is 6.91. The van der Waals surface area contributed by atoms with Crippen LogP contribution < -0.4 is 4.74 Å². The van der Waals surface area contributed by atoms with Crippen molar-refractivity contribution in [1.29, 1.82) is 0 Å². The standard InChI is InChI=1S/C21H25BrN2O3/c1-2-27-20-7-6-16(22)13-18(20)19(14-17-5-3-4-10-23-17)24-11-8-15(9-12-24)21(25)26/h3-7,10,13,15,19H,2,8-9,11-12,14H2,1H3,(H,25,26). The first-order valence-electron chi connectivity index (χ1n) is 9.37. The minimum absolute atomic E-state index is 0.0914. The molecule has 3 rings (SSSR count). The first-order valence-corrected chi connectivity index (χ1v) is 10.2. The molecule has 0 radical (unpaired) electrons. The fourth-order valence-corrected chi connectivity index (χ4v) is 4.06. The summed E-state index contributed by atoms with van der Waals surface area (Å²) in [5.41, 5.74) is 2.14. The third-order valence-corrected chi connectivity index (χ3v) is 5.57. The summed E-state index contributed by atoms with van der Waals surface area (Å²) in [5, 5.41) is 9.31. The number of ether oxygens (including phenoxy) is 1. The van der Waals surface area contributed by atoms with Crippen molar-refractivity contribution in [3.63, 3.8) is 0 Å². The molecule has 1 aliphatic heterocycles. The number of carboxylic acids is 1. The number of hydrogen-bond acceptors (Lipinski definition) is 4. The Kier molecular flexibility index (Phi) is 6.85. The van der Waals surface area contributed by atoms with Crippen molar-refractivity contribution in [3.05, 3.63) is 58.3 Å². The second-order valence-electron chi connectivity index (χ2n) is 6.80. The zero-order chi connectivity index (χ0) is 19.2. The van der Waals surface area contributed by atoms with Crippen LogP contribution in [0.25, 0.3) is 0 Å². The summed E-state index contributed by atoms with van der Waals surface area (Å²) in [6, 6.07) is 12.1. The molecule has 1 fully saturated rings. The van der Waals surface area contributed by atoms with Gasteiger partial charge in [0.2, 0.25) is 0 Å². The van der Waals surface area contributed by atoms with Gasteiger partial charge in [-0.1, -0.05) is 22.0 Å². The molecule has 0 saturated carbocycles. The van der Waals surface area contributed by atoms with Crippen LogP contribution in [0.3, 0.4) is 0 Å². The SMILES string of the molecule is CCOc1ccc(Br)cc1C(Cc1ccccn1)N1CCC(C(=O)O)CC1. The summed E-state index contributed by atoms with van der Waals surface area (Å²) in [7, 11) is 0. The van der Waals surface area contributed by atoms with E-state index in [1.54, 1.807) is 0 Å². The normalized spacial score (nSPS) is 16.8. The average molecular weight is 433 g/mol. The van der Waals surface area contributed by atoms with E-state index < -0.39 is 5.97 Å². The predicted octanol–water partition coefficient (Wildman–Crippen LogP) is 4.32. The van der Waals surface area contributed by atoms with Crippen molar-refractivity contribution >= 4 is 21.9 Å². The van der Waals surface area contributed by atoms with Crippen molar-refractivity contribution in [3.8, 4) is 5.75 Å². The lowest BCUT2D eigenvalue weighted by molar-refractivity contribution is -0.143. The number of hydrogen-bond donors (Lipinski definition) is 1. The van der Waals surface area contributed by atoms with Crippen molar-refractivity contribution in [2.45, 2.75) is 32.2 Å². The van der Waals surface area contributed by atoms with E-state index >= 15 is 0 Å². The molecule has 0 amide bonds. The summed E-state index contributed by atoms with van der Waals surface area (Å²) in [6.07, 6.45) is 3.92. The third kappa shape index (κ3) is 5.08. The lowest BCUT2D eigenvalue weighted by Crippen LogP contribution is -2.39. The lowest BCUT2D eigenvalue weighted by atomic mass is 9.92. The van der Waals surface area contributed by atoms with Crippen LogP contribution in [0.15, 0.2) is 47.1 Å². The second-order valence-corrected chi connectivity index (χ2v) is 7.72. The van der Waals surface area contributed by atoms with Crippen LogP contribution in [0.1, 0.15) is 37.1 Å². The molecule has 0 bridgehead atoms. The molecule has 5 nitrogen and oxygen atoms in total. The van der Waals surface area contributed by atoms with E-state index in [-0.39, 0.29) is 12.0 Å². The summed E-state index contributed by atoms with van der Waals surface area (Å²) >= 11 is 3.59. The number of nitrogens with zero attached hydrogens (tertiary/aromatic N) is 2. The quantitative estimate of drug-likeness (QED) is 0.705. The number of carbonyl (C=O) groups is 1. The van der Waals surface area contributed by atoms with Crippen molar-refractivity contribution in [1.82, 2.24) is 9.88 Å². The molecule has 1 atom stereocenters. The Bertz CT molecular complexity index is 761. The number of piperidine rings is 1. The first-order chi connectivity index (χ1) is 13.1. The molecule has 1 unspecified atom stereocenters. The lowest BCUT2D eigenvalue weighted by Gasteiger charge is -2.37. The number of likely N-dealkylation sites (tertiary alicyclic amines) is 1. The van der Waals surface area contributed by atoms with Crippen LogP contribution in [0.4, 0.5) is 0 Å². The second kappa shape index (κ2) is 9.33. The minimum atomic E-state index is -0.687. The Morgan fingerprint density at radius 3 is 2.74 bits per heavy atom. The number of benzene rings is 1. The Labute approximate surface area is 168 Å².